The molecule has 0 saturated heterocycles. The number of carbonyl (C=O) groups is 1. The van der Waals surface area contributed by atoms with E-state index in [9.17, 15) is 4.79 Å². The summed E-state index contributed by atoms with van der Waals surface area (Å²) in [7, 11) is -1.53. The molecule has 0 unspecified atom stereocenters. The maximum absolute atomic E-state index is 11.2. The minimum atomic E-state index is -1.53. The largest absolute Gasteiger partial charge is 0.295 e. The summed E-state index contributed by atoms with van der Waals surface area (Å²) >= 11 is 0. The molecule has 1 aromatic carbocycles. The van der Waals surface area contributed by atoms with Crippen LogP contribution in [0.3, 0.4) is 0 Å². The van der Waals surface area contributed by atoms with Crippen LogP contribution in [0, 0.1) is 0 Å². The number of benzene rings is 1. The Hall–Kier alpha value is -1.15. The van der Waals surface area contributed by atoms with E-state index in [1.54, 1.807) is 6.92 Å². The molecule has 0 amide bonds. The highest BCUT2D eigenvalue weighted by atomic mass is 28.3. The zero-order valence-electron chi connectivity index (χ0n) is 9.71. The average molecular weight is 218 g/mol. The number of allylic oxidation sites excluding steroid dienone is 1. The molecular formula is C13H18OSi. The van der Waals surface area contributed by atoms with E-state index in [1.165, 1.54) is 5.19 Å². The van der Waals surface area contributed by atoms with E-state index in [1.807, 2.05) is 6.07 Å². The van der Waals surface area contributed by atoms with Gasteiger partial charge in [-0.3, -0.25) is 4.79 Å². The van der Waals surface area contributed by atoms with Gasteiger partial charge in [-0.25, -0.2) is 0 Å². The molecule has 0 saturated carbocycles. The number of rotatable bonds is 4. The minimum absolute atomic E-state index is 0.117. The second kappa shape index (κ2) is 4.58. The van der Waals surface area contributed by atoms with Gasteiger partial charge in [0, 0.05) is 0 Å². The second-order valence-electron chi connectivity index (χ2n) is 4.59. The molecule has 0 aliphatic carbocycles. The summed E-state index contributed by atoms with van der Waals surface area (Å²) in [6.07, 6.45) is 0. The van der Waals surface area contributed by atoms with Gasteiger partial charge >= 0.3 is 0 Å². The Bertz CT molecular complexity index is 365. The number of Topliss-reactive ketones (excluding diaryl/α,β-unsaturated/α-hetero) is 1. The maximum atomic E-state index is 11.2. The predicted octanol–water partition coefficient (Wildman–Crippen LogP) is 2.75. The normalized spacial score (nSPS) is 11.1. The van der Waals surface area contributed by atoms with Crippen LogP contribution >= 0.6 is 0 Å². The van der Waals surface area contributed by atoms with E-state index in [4.69, 9.17) is 0 Å². The van der Waals surface area contributed by atoms with Gasteiger partial charge in [-0.2, -0.15) is 0 Å². The highest BCUT2D eigenvalue weighted by Crippen LogP contribution is 2.16. The standard InChI is InChI=1S/C13H18OSi/c1-11(12(2)14)10-15(3,4)13-8-6-5-7-9-13/h5-9H,1,10H2,2-4H3. The molecule has 1 rings (SSSR count). The van der Waals surface area contributed by atoms with E-state index in [2.05, 4.69) is 43.9 Å². The van der Waals surface area contributed by atoms with Crippen molar-refractivity contribution in [2.45, 2.75) is 26.1 Å². The van der Waals surface area contributed by atoms with Crippen molar-refractivity contribution in [3.63, 3.8) is 0 Å². The lowest BCUT2D eigenvalue weighted by Gasteiger charge is -2.23. The van der Waals surface area contributed by atoms with Gasteiger partial charge in [-0.15, -0.1) is 0 Å². The molecule has 2 heteroatoms. The first kappa shape index (κ1) is 11.9. The third kappa shape index (κ3) is 3.17. The zero-order chi connectivity index (χ0) is 11.5. The zero-order valence-corrected chi connectivity index (χ0v) is 10.7. The molecule has 0 heterocycles. The Morgan fingerprint density at radius 1 is 1.27 bits per heavy atom. The molecule has 1 nitrogen and oxygen atoms in total. The van der Waals surface area contributed by atoms with E-state index >= 15 is 0 Å². The van der Waals surface area contributed by atoms with Gasteiger partial charge in [-0.1, -0.05) is 55.2 Å². The van der Waals surface area contributed by atoms with Gasteiger partial charge in [0.15, 0.2) is 5.78 Å². The van der Waals surface area contributed by atoms with Crippen LogP contribution in [0.25, 0.3) is 0 Å². The van der Waals surface area contributed by atoms with Crippen LogP contribution in [0.4, 0.5) is 0 Å². The number of hydrogen-bond acceptors (Lipinski definition) is 1. The van der Waals surface area contributed by atoms with E-state index < -0.39 is 8.07 Å². The van der Waals surface area contributed by atoms with Crippen LogP contribution in [0.1, 0.15) is 6.92 Å². The van der Waals surface area contributed by atoms with Crippen molar-refractivity contribution in [2.24, 2.45) is 0 Å². The third-order valence-corrected chi connectivity index (χ3v) is 5.92. The van der Waals surface area contributed by atoms with Crippen molar-refractivity contribution >= 4 is 19.0 Å². The van der Waals surface area contributed by atoms with Crippen molar-refractivity contribution in [1.82, 2.24) is 0 Å². The first-order chi connectivity index (χ1) is 6.93. The van der Waals surface area contributed by atoms with Gasteiger partial charge in [0.1, 0.15) is 0 Å². The highest BCUT2D eigenvalue weighted by molar-refractivity contribution is 6.90. The highest BCUT2D eigenvalue weighted by Gasteiger charge is 2.24. The Labute approximate surface area is 92.8 Å². The van der Waals surface area contributed by atoms with Crippen molar-refractivity contribution in [3.8, 4) is 0 Å². The smallest absolute Gasteiger partial charge is 0.154 e. The number of hydrogen-bond donors (Lipinski definition) is 0. The lowest BCUT2D eigenvalue weighted by Crippen LogP contribution is -2.41. The van der Waals surface area contributed by atoms with Crippen LogP contribution in [0.15, 0.2) is 42.5 Å². The van der Waals surface area contributed by atoms with E-state index in [0.29, 0.717) is 0 Å². The summed E-state index contributed by atoms with van der Waals surface area (Å²) < 4.78 is 0. The summed E-state index contributed by atoms with van der Waals surface area (Å²) in [6.45, 7) is 9.99. The number of ketones is 1. The molecule has 0 atom stereocenters. The topological polar surface area (TPSA) is 17.1 Å². The minimum Gasteiger partial charge on any atom is -0.295 e. The fourth-order valence-electron chi connectivity index (χ4n) is 1.65. The van der Waals surface area contributed by atoms with Crippen molar-refractivity contribution in [2.75, 3.05) is 0 Å². The molecule has 0 fully saturated rings. The maximum Gasteiger partial charge on any atom is 0.154 e. The first-order valence-electron chi connectivity index (χ1n) is 5.18. The van der Waals surface area contributed by atoms with Crippen LogP contribution in [-0.4, -0.2) is 13.9 Å². The van der Waals surface area contributed by atoms with Gasteiger partial charge in [0.2, 0.25) is 0 Å². The van der Waals surface area contributed by atoms with Crippen LogP contribution < -0.4 is 5.19 Å². The summed E-state index contributed by atoms with van der Waals surface area (Å²) in [4.78, 5) is 11.2. The molecule has 80 valence electrons. The van der Waals surface area contributed by atoms with Crippen molar-refractivity contribution in [3.05, 3.63) is 42.5 Å². The van der Waals surface area contributed by atoms with Crippen molar-refractivity contribution < 1.29 is 4.79 Å². The summed E-state index contributed by atoms with van der Waals surface area (Å²) in [6, 6.07) is 11.3. The fraction of sp³-hybridized carbons (Fsp3) is 0.308. The summed E-state index contributed by atoms with van der Waals surface area (Å²) in [5, 5.41) is 1.38. The number of carbonyl (C=O) groups excluding carboxylic acids is 1. The average Bonchev–Trinajstić information content (AvgIpc) is 2.18. The Balaban J connectivity index is 2.85. The van der Waals surface area contributed by atoms with Crippen LogP contribution in [0.5, 0.6) is 0 Å². The molecular weight excluding hydrogens is 200 g/mol. The Morgan fingerprint density at radius 3 is 2.27 bits per heavy atom. The molecule has 0 aliphatic rings. The molecule has 1 aromatic rings. The van der Waals surface area contributed by atoms with Gasteiger partial charge in [-0.05, 0) is 18.5 Å². The van der Waals surface area contributed by atoms with E-state index in [0.717, 1.165) is 11.6 Å². The van der Waals surface area contributed by atoms with Gasteiger partial charge in [0.25, 0.3) is 0 Å². The Kier molecular flexibility index (Phi) is 3.64. The monoisotopic (exact) mass is 218 g/mol. The third-order valence-electron chi connectivity index (χ3n) is 2.71. The molecule has 0 aromatic heterocycles. The summed E-state index contributed by atoms with van der Waals surface area (Å²) in [5.74, 6) is 0.117. The van der Waals surface area contributed by atoms with Crippen LogP contribution in [0.2, 0.25) is 19.1 Å². The SMILES string of the molecule is C=C(C[Si](C)(C)c1ccccc1)C(C)=O. The van der Waals surface area contributed by atoms with Crippen molar-refractivity contribution in [1.29, 1.82) is 0 Å². The molecule has 0 spiro atoms. The predicted molar refractivity (Wildman–Crippen MR) is 68.2 cm³/mol. The molecule has 0 bridgehead atoms. The fourth-order valence-corrected chi connectivity index (χ4v) is 4.26. The lowest BCUT2D eigenvalue weighted by atomic mass is 10.2. The molecule has 0 radical (unpaired) electrons. The molecule has 0 aliphatic heterocycles. The van der Waals surface area contributed by atoms with Gasteiger partial charge in [0.05, 0.1) is 8.07 Å². The Morgan fingerprint density at radius 2 is 1.80 bits per heavy atom. The molecule has 0 N–H and O–H groups in total. The van der Waals surface area contributed by atoms with Crippen LogP contribution in [-0.2, 0) is 4.79 Å². The second-order valence-corrected chi connectivity index (χ2v) is 9.29. The lowest BCUT2D eigenvalue weighted by molar-refractivity contribution is -0.113. The van der Waals surface area contributed by atoms with E-state index in [-0.39, 0.29) is 5.78 Å². The first-order valence-corrected chi connectivity index (χ1v) is 8.38. The van der Waals surface area contributed by atoms with Gasteiger partial charge < -0.3 is 0 Å². The molecule has 15 heavy (non-hydrogen) atoms. The quantitative estimate of drug-likeness (QED) is 0.561. The summed E-state index contributed by atoms with van der Waals surface area (Å²) in [5.41, 5.74) is 0.760.